The summed E-state index contributed by atoms with van der Waals surface area (Å²) >= 11 is 0. The summed E-state index contributed by atoms with van der Waals surface area (Å²) in [5.41, 5.74) is 4.90. The van der Waals surface area contributed by atoms with Crippen molar-refractivity contribution in [2.45, 2.75) is 31.6 Å². The number of aromatic nitrogens is 1. The predicted octanol–water partition coefficient (Wildman–Crippen LogP) is 3.75. The van der Waals surface area contributed by atoms with Crippen molar-refractivity contribution in [2.24, 2.45) is 0 Å². The SMILES string of the molecule is CNc1conc1C1CCC(C)c2ccccc21. The standard InChI is InChI=1S/C15H18N2O/c1-10-7-8-13(12-6-4-3-5-11(10)12)15-14(16-2)9-18-17-15/h3-6,9-10,13,16H,7-8H2,1-2H3. The fraction of sp³-hybridized carbons (Fsp3) is 0.400. The molecule has 1 aliphatic rings. The van der Waals surface area contributed by atoms with Crippen LogP contribution >= 0.6 is 0 Å². The number of hydrogen-bond acceptors (Lipinski definition) is 3. The molecule has 3 rings (SSSR count). The third-order valence-electron chi connectivity index (χ3n) is 3.99. The van der Waals surface area contributed by atoms with Crippen LogP contribution in [0, 0.1) is 0 Å². The summed E-state index contributed by atoms with van der Waals surface area (Å²) in [7, 11) is 1.91. The van der Waals surface area contributed by atoms with Gasteiger partial charge in [-0.25, -0.2) is 0 Å². The zero-order valence-electron chi connectivity index (χ0n) is 10.8. The molecular formula is C15H18N2O. The first kappa shape index (κ1) is 11.3. The molecule has 1 heterocycles. The average Bonchev–Trinajstić information content (AvgIpc) is 2.88. The van der Waals surface area contributed by atoms with E-state index in [1.807, 2.05) is 7.05 Å². The van der Waals surface area contributed by atoms with Crippen LogP contribution in [0.5, 0.6) is 0 Å². The molecule has 0 bridgehead atoms. The molecule has 3 heteroatoms. The molecule has 1 aromatic heterocycles. The monoisotopic (exact) mass is 242 g/mol. The Balaban J connectivity index is 2.07. The van der Waals surface area contributed by atoms with Crippen LogP contribution in [0.1, 0.15) is 48.4 Å². The molecule has 0 saturated carbocycles. The molecule has 2 aromatic rings. The van der Waals surface area contributed by atoms with E-state index in [0.717, 1.165) is 17.8 Å². The van der Waals surface area contributed by atoms with Gasteiger partial charge in [-0.15, -0.1) is 0 Å². The molecule has 18 heavy (non-hydrogen) atoms. The second-order valence-corrected chi connectivity index (χ2v) is 5.02. The van der Waals surface area contributed by atoms with Crippen molar-refractivity contribution < 1.29 is 4.52 Å². The third kappa shape index (κ3) is 1.70. The van der Waals surface area contributed by atoms with E-state index in [1.165, 1.54) is 17.5 Å². The molecule has 0 spiro atoms. The minimum absolute atomic E-state index is 0.360. The molecule has 2 unspecified atom stereocenters. The van der Waals surface area contributed by atoms with Gasteiger partial charge in [-0.2, -0.15) is 0 Å². The minimum Gasteiger partial charge on any atom is -0.384 e. The van der Waals surface area contributed by atoms with Gasteiger partial charge >= 0.3 is 0 Å². The van der Waals surface area contributed by atoms with Crippen molar-refractivity contribution in [1.29, 1.82) is 0 Å². The maximum Gasteiger partial charge on any atom is 0.147 e. The predicted molar refractivity (Wildman–Crippen MR) is 72.0 cm³/mol. The highest BCUT2D eigenvalue weighted by atomic mass is 16.5. The maximum atomic E-state index is 5.12. The number of fused-ring (bicyclic) bond motifs is 1. The summed E-state index contributed by atoms with van der Waals surface area (Å²) in [6, 6.07) is 8.71. The lowest BCUT2D eigenvalue weighted by Gasteiger charge is -2.28. The van der Waals surface area contributed by atoms with Crippen LogP contribution in [0.2, 0.25) is 0 Å². The molecule has 0 radical (unpaired) electrons. The zero-order chi connectivity index (χ0) is 12.5. The van der Waals surface area contributed by atoms with E-state index in [2.05, 4.69) is 41.7 Å². The highest BCUT2D eigenvalue weighted by Gasteiger charge is 2.29. The van der Waals surface area contributed by atoms with Gasteiger partial charge in [0, 0.05) is 13.0 Å². The van der Waals surface area contributed by atoms with E-state index < -0.39 is 0 Å². The summed E-state index contributed by atoms with van der Waals surface area (Å²) in [6.45, 7) is 2.30. The Morgan fingerprint density at radius 3 is 2.78 bits per heavy atom. The number of benzene rings is 1. The van der Waals surface area contributed by atoms with E-state index in [1.54, 1.807) is 6.26 Å². The number of nitrogens with one attached hydrogen (secondary N) is 1. The van der Waals surface area contributed by atoms with Gasteiger partial charge in [-0.1, -0.05) is 36.3 Å². The van der Waals surface area contributed by atoms with Crippen molar-refractivity contribution in [1.82, 2.24) is 5.16 Å². The molecule has 3 nitrogen and oxygen atoms in total. The van der Waals surface area contributed by atoms with Crippen molar-refractivity contribution in [3.05, 3.63) is 47.3 Å². The largest absolute Gasteiger partial charge is 0.384 e. The zero-order valence-corrected chi connectivity index (χ0v) is 10.8. The highest BCUT2D eigenvalue weighted by molar-refractivity contribution is 5.51. The second kappa shape index (κ2) is 4.48. The first-order valence-electron chi connectivity index (χ1n) is 6.52. The van der Waals surface area contributed by atoms with Crippen LogP contribution in [0.4, 0.5) is 5.69 Å². The van der Waals surface area contributed by atoms with Gasteiger partial charge in [0.15, 0.2) is 0 Å². The molecule has 1 aliphatic carbocycles. The molecule has 2 atom stereocenters. The summed E-state index contributed by atoms with van der Waals surface area (Å²) in [6.07, 6.45) is 4.03. The lowest BCUT2D eigenvalue weighted by atomic mass is 9.76. The Hall–Kier alpha value is -1.77. The van der Waals surface area contributed by atoms with E-state index >= 15 is 0 Å². The average molecular weight is 242 g/mol. The quantitative estimate of drug-likeness (QED) is 0.871. The summed E-state index contributed by atoms with van der Waals surface area (Å²) in [4.78, 5) is 0. The van der Waals surface area contributed by atoms with E-state index in [9.17, 15) is 0 Å². The lowest BCUT2D eigenvalue weighted by Crippen LogP contribution is -2.14. The molecule has 1 N–H and O–H groups in total. The number of hydrogen-bond donors (Lipinski definition) is 1. The van der Waals surface area contributed by atoms with E-state index in [0.29, 0.717) is 11.8 Å². The molecule has 0 amide bonds. The molecular weight excluding hydrogens is 224 g/mol. The van der Waals surface area contributed by atoms with Gasteiger partial charge < -0.3 is 9.84 Å². The minimum atomic E-state index is 0.360. The highest BCUT2D eigenvalue weighted by Crippen LogP contribution is 2.43. The molecule has 94 valence electrons. The van der Waals surface area contributed by atoms with Gasteiger partial charge in [0.25, 0.3) is 0 Å². The fourth-order valence-electron chi connectivity index (χ4n) is 2.97. The Kier molecular flexibility index (Phi) is 2.82. The van der Waals surface area contributed by atoms with Gasteiger partial charge in [0.05, 0.1) is 5.69 Å². The van der Waals surface area contributed by atoms with Gasteiger partial charge in [0.1, 0.15) is 12.0 Å². The van der Waals surface area contributed by atoms with Crippen molar-refractivity contribution >= 4 is 5.69 Å². The van der Waals surface area contributed by atoms with Crippen LogP contribution in [0.15, 0.2) is 35.1 Å². The topological polar surface area (TPSA) is 38.1 Å². The maximum absolute atomic E-state index is 5.12. The Morgan fingerprint density at radius 1 is 1.22 bits per heavy atom. The van der Waals surface area contributed by atoms with E-state index in [-0.39, 0.29) is 0 Å². The number of nitrogens with zero attached hydrogens (tertiary/aromatic N) is 1. The first-order valence-corrected chi connectivity index (χ1v) is 6.52. The first-order chi connectivity index (χ1) is 8.81. The number of rotatable bonds is 2. The Morgan fingerprint density at radius 2 is 2.00 bits per heavy atom. The van der Waals surface area contributed by atoms with E-state index in [4.69, 9.17) is 4.52 Å². The van der Waals surface area contributed by atoms with Crippen molar-refractivity contribution in [2.75, 3.05) is 12.4 Å². The van der Waals surface area contributed by atoms with Crippen LogP contribution in [0.25, 0.3) is 0 Å². The van der Waals surface area contributed by atoms with Crippen LogP contribution in [-0.4, -0.2) is 12.2 Å². The smallest absolute Gasteiger partial charge is 0.147 e. The van der Waals surface area contributed by atoms with Gasteiger partial charge in [-0.05, 0) is 29.9 Å². The summed E-state index contributed by atoms with van der Waals surface area (Å²) < 4.78 is 5.12. The van der Waals surface area contributed by atoms with Crippen molar-refractivity contribution in [3.8, 4) is 0 Å². The normalized spacial score (nSPS) is 22.6. The molecule has 1 aromatic carbocycles. The van der Waals surface area contributed by atoms with Crippen LogP contribution < -0.4 is 5.32 Å². The van der Waals surface area contributed by atoms with Crippen LogP contribution in [0.3, 0.4) is 0 Å². The molecule has 0 aliphatic heterocycles. The third-order valence-corrected chi connectivity index (χ3v) is 3.99. The Bertz CT molecular complexity index is 547. The van der Waals surface area contributed by atoms with Gasteiger partial charge in [-0.3, -0.25) is 0 Å². The number of anilines is 1. The summed E-state index contributed by atoms with van der Waals surface area (Å²) in [5, 5.41) is 7.36. The van der Waals surface area contributed by atoms with Gasteiger partial charge in [0.2, 0.25) is 0 Å². The molecule has 0 fully saturated rings. The second-order valence-electron chi connectivity index (χ2n) is 5.02. The molecule has 0 saturated heterocycles. The lowest BCUT2D eigenvalue weighted by molar-refractivity contribution is 0.402. The Labute approximate surface area is 107 Å². The fourth-order valence-corrected chi connectivity index (χ4v) is 2.97. The summed E-state index contributed by atoms with van der Waals surface area (Å²) in [5.74, 6) is 1.00. The van der Waals surface area contributed by atoms with Crippen LogP contribution in [-0.2, 0) is 0 Å². The van der Waals surface area contributed by atoms with Crippen molar-refractivity contribution in [3.63, 3.8) is 0 Å².